The number of benzene rings is 2. The fraction of sp³-hybridized carbons (Fsp3) is 0.235. The topological polar surface area (TPSA) is 41.1 Å². The van der Waals surface area contributed by atoms with Crippen LogP contribution in [-0.4, -0.2) is 12.5 Å². The van der Waals surface area contributed by atoms with Crippen molar-refractivity contribution in [1.29, 1.82) is 0 Å². The maximum absolute atomic E-state index is 12.1. The quantitative estimate of drug-likeness (QED) is 0.866. The molecule has 21 heavy (non-hydrogen) atoms. The summed E-state index contributed by atoms with van der Waals surface area (Å²) >= 11 is 5.91. The average Bonchev–Trinajstić information content (AvgIpc) is 2.47. The lowest BCUT2D eigenvalue weighted by Crippen LogP contribution is -2.22. The van der Waals surface area contributed by atoms with Crippen LogP contribution in [0.1, 0.15) is 18.1 Å². The summed E-state index contributed by atoms with van der Waals surface area (Å²) < 4.78 is 0. The summed E-state index contributed by atoms with van der Waals surface area (Å²) in [5.74, 6) is -0.0704. The van der Waals surface area contributed by atoms with Crippen LogP contribution in [0.5, 0.6) is 0 Å². The second-order valence-electron chi connectivity index (χ2n) is 4.87. The molecule has 3 nitrogen and oxygen atoms in total. The minimum absolute atomic E-state index is 0.0704. The van der Waals surface area contributed by atoms with E-state index in [4.69, 9.17) is 11.6 Å². The van der Waals surface area contributed by atoms with Gasteiger partial charge in [0, 0.05) is 16.4 Å². The summed E-state index contributed by atoms with van der Waals surface area (Å²) in [5, 5.41) is 6.69. The van der Waals surface area contributed by atoms with Crippen molar-refractivity contribution in [3.05, 3.63) is 58.6 Å². The average molecular weight is 303 g/mol. The molecule has 110 valence electrons. The summed E-state index contributed by atoms with van der Waals surface area (Å²) in [6.07, 6.45) is 0.888. The van der Waals surface area contributed by atoms with Gasteiger partial charge in [0.1, 0.15) is 0 Å². The summed E-state index contributed by atoms with van der Waals surface area (Å²) in [4.78, 5) is 12.1. The highest BCUT2D eigenvalue weighted by atomic mass is 35.5. The predicted molar refractivity (Wildman–Crippen MR) is 89.1 cm³/mol. The number of rotatable bonds is 5. The van der Waals surface area contributed by atoms with E-state index in [1.165, 1.54) is 0 Å². The van der Waals surface area contributed by atoms with Gasteiger partial charge in [0.15, 0.2) is 0 Å². The molecule has 1 amide bonds. The summed E-state index contributed by atoms with van der Waals surface area (Å²) in [7, 11) is 0. The molecule has 2 rings (SSSR count). The minimum Gasteiger partial charge on any atom is -0.376 e. The van der Waals surface area contributed by atoms with Crippen molar-refractivity contribution < 1.29 is 4.79 Å². The molecule has 0 unspecified atom stereocenters. The Morgan fingerprint density at radius 3 is 2.67 bits per heavy atom. The Labute approximate surface area is 130 Å². The van der Waals surface area contributed by atoms with Gasteiger partial charge in [0.2, 0.25) is 5.91 Å². The maximum Gasteiger partial charge on any atom is 0.243 e. The molecule has 2 aromatic rings. The molecule has 0 heterocycles. The van der Waals surface area contributed by atoms with E-state index in [0.717, 1.165) is 28.9 Å². The number of amides is 1. The number of para-hydroxylation sites is 1. The van der Waals surface area contributed by atoms with E-state index in [-0.39, 0.29) is 12.5 Å². The van der Waals surface area contributed by atoms with Crippen LogP contribution in [0.25, 0.3) is 0 Å². The zero-order chi connectivity index (χ0) is 15.2. The number of aryl methyl sites for hydroxylation is 2. The van der Waals surface area contributed by atoms with Crippen molar-refractivity contribution >= 4 is 28.9 Å². The van der Waals surface area contributed by atoms with Gasteiger partial charge in [-0.3, -0.25) is 4.79 Å². The van der Waals surface area contributed by atoms with E-state index < -0.39 is 0 Å². The van der Waals surface area contributed by atoms with Gasteiger partial charge in [0.25, 0.3) is 0 Å². The number of hydrogen-bond acceptors (Lipinski definition) is 2. The highest BCUT2D eigenvalue weighted by Gasteiger charge is 2.08. The third-order valence-electron chi connectivity index (χ3n) is 3.28. The molecule has 0 radical (unpaired) electrons. The lowest BCUT2D eigenvalue weighted by molar-refractivity contribution is -0.114. The first-order valence-corrected chi connectivity index (χ1v) is 7.35. The number of halogens is 1. The molecule has 2 aromatic carbocycles. The standard InChI is InChI=1S/C17H19ClN2O/c1-3-13-7-4-6-12(2)17(13)20-16(21)11-19-15-9-5-8-14(18)10-15/h4-10,19H,3,11H2,1-2H3,(H,20,21). The first-order chi connectivity index (χ1) is 10.1. The van der Waals surface area contributed by atoms with Crippen molar-refractivity contribution in [3.63, 3.8) is 0 Å². The largest absolute Gasteiger partial charge is 0.376 e. The molecular weight excluding hydrogens is 284 g/mol. The zero-order valence-corrected chi connectivity index (χ0v) is 13.0. The number of anilines is 2. The van der Waals surface area contributed by atoms with E-state index >= 15 is 0 Å². The zero-order valence-electron chi connectivity index (χ0n) is 12.2. The van der Waals surface area contributed by atoms with Crippen molar-refractivity contribution in [2.45, 2.75) is 20.3 Å². The fourth-order valence-corrected chi connectivity index (χ4v) is 2.36. The van der Waals surface area contributed by atoms with Gasteiger partial charge < -0.3 is 10.6 Å². The van der Waals surface area contributed by atoms with Gasteiger partial charge in [-0.15, -0.1) is 0 Å². The Bertz CT molecular complexity index is 640. The number of nitrogens with one attached hydrogen (secondary N) is 2. The third-order valence-corrected chi connectivity index (χ3v) is 3.52. The van der Waals surface area contributed by atoms with Crippen LogP contribution < -0.4 is 10.6 Å². The lowest BCUT2D eigenvalue weighted by atomic mass is 10.1. The summed E-state index contributed by atoms with van der Waals surface area (Å²) in [6.45, 7) is 4.28. The molecule has 0 aliphatic rings. The number of carbonyl (C=O) groups excluding carboxylic acids is 1. The van der Waals surface area contributed by atoms with Crippen LogP contribution in [0.3, 0.4) is 0 Å². The molecule has 0 aliphatic heterocycles. The van der Waals surface area contributed by atoms with Crippen molar-refractivity contribution in [3.8, 4) is 0 Å². The van der Waals surface area contributed by atoms with Gasteiger partial charge in [0.05, 0.1) is 6.54 Å². The molecule has 2 N–H and O–H groups in total. The molecule has 0 fully saturated rings. The van der Waals surface area contributed by atoms with Crippen molar-refractivity contribution in [1.82, 2.24) is 0 Å². The van der Waals surface area contributed by atoms with Crippen LogP contribution >= 0.6 is 11.6 Å². The van der Waals surface area contributed by atoms with Crippen LogP contribution in [0.4, 0.5) is 11.4 Å². The van der Waals surface area contributed by atoms with Crippen LogP contribution in [0, 0.1) is 6.92 Å². The van der Waals surface area contributed by atoms with Gasteiger partial charge in [-0.2, -0.15) is 0 Å². The Hall–Kier alpha value is -2.00. The summed E-state index contributed by atoms with van der Waals surface area (Å²) in [6, 6.07) is 13.4. The highest BCUT2D eigenvalue weighted by molar-refractivity contribution is 6.30. The van der Waals surface area contributed by atoms with Crippen molar-refractivity contribution in [2.75, 3.05) is 17.2 Å². The monoisotopic (exact) mass is 302 g/mol. The second-order valence-corrected chi connectivity index (χ2v) is 5.31. The van der Waals surface area contributed by atoms with Gasteiger partial charge in [-0.25, -0.2) is 0 Å². The fourth-order valence-electron chi connectivity index (χ4n) is 2.17. The molecular formula is C17H19ClN2O. The third kappa shape index (κ3) is 4.23. The Morgan fingerprint density at radius 2 is 1.95 bits per heavy atom. The van der Waals surface area contributed by atoms with Gasteiger partial charge in [-0.05, 0) is 42.7 Å². The molecule has 0 spiro atoms. The number of hydrogen-bond donors (Lipinski definition) is 2. The van der Waals surface area contributed by atoms with Crippen LogP contribution in [0.15, 0.2) is 42.5 Å². The van der Waals surface area contributed by atoms with E-state index in [9.17, 15) is 4.79 Å². The maximum atomic E-state index is 12.1. The predicted octanol–water partition coefficient (Wildman–Crippen LogP) is 4.26. The molecule has 0 saturated carbocycles. The minimum atomic E-state index is -0.0704. The highest BCUT2D eigenvalue weighted by Crippen LogP contribution is 2.21. The molecule has 0 aliphatic carbocycles. The second kappa shape index (κ2) is 7.14. The molecule has 0 bridgehead atoms. The van der Waals surface area contributed by atoms with Gasteiger partial charge >= 0.3 is 0 Å². The van der Waals surface area contributed by atoms with E-state index in [1.54, 1.807) is 12.1 Å². The molecule has 4 heteroatoms. The van der Waals surface area contributed by atoms with Crippen LogP contribution in [0.2, 0.25) is 5.02 Å². The number of carbonyl (C=O) groups is 1. The van der Waals surface area contributed by atoms with Crippen molar-refractivity contribution in [2.24, 2.45) is 0 Å². The van der Waals surface area contributed by atoms with Gasteiger partial charge in [-0.1, -0.05) is 42.8 Å². The van der Waals surface area contributed by atoms with E-state index in [2.05, 4.69) is 17.6 Å². The molecule has 0 atom stereocenters. The SMILES string of the molecule is CCc1cccc(C)c1NC(=O)CNc1cccc(Cl)c1. The molecule has 0 saturated heterocycles. The smallest absolute Gasteiger partial charge is 0.243 e. The Morgan fingerprint density at radius 1 is 1.19 bits per heavy atom. The normalized spacial score (nSPS) is 10.2. The van der Waals surface area contributed by atoms with E-state index in [1.807, 2.05) is 37.3 Å². The van der Waals surface area contributed by atoms with E-state index in [0.29, 0.717) is 5.02 Å². The first kappa shape index (κ1) is 15.4. The Kier molecular flexibility index (Phi) is 5.23. The van der Waals surface area contributed by atoms with Crippen LogP contribution in [-0.2, 0) is 11.2 Å². The first-order valence-electron chi connectivity index (χ1n) is 6.98. The molecule has 0 aromatic heterocycles. The Balaban J connectivity index is 1.99. The summed E-state index contributed by atoms with van der Waals surface area (Å²) in [5.41, 5.74) is 3.97. The lowest BCUT2D eigenvalue weighted by Gasteiger charge is -2.13.